The SMILES string of the molecule is Cc1cc2cn[nH]c2cc1-c1ccc(F)c2c(N)c(C(N)=O)cnc12. The number of hydrogen-bond donors (Lipinski definition) is 3. The molecule has 0 atom stereocenters. The van der Waals surface area contributed by atoms with Gasteiger partial charge in [0.2, 0.25) is 0 Å². The summed E-state index contributed by atoms with van der Waals surface area (Å²) in [4.78, 5) is 15.7. The van der Waals surface area contributed by atoms with Crippen LogP contribution in [0.5, 0.6) is 0 Å². The van der Waals surface area contributed by atoms with E-state index in [9.17, 15) is 9.18 Å². The van der Waals surface area contributed by atoms with Gasteiger partial charge < -0.3 is 11.5 Å². The maximum absolute atomic E-state index is 14.4. The number of aromatic nitrogens is 3. The molecular formula is C18H14FN5O. The Bertz CT molecular complexity index is 1170. The van der Waals surface area contributed by atoms with E-state index in [1.54, 1.807) is 12.3 Å². The van der Waals surface area contributed by atoms with Gasteiger partial charge in [0.1, 0.15) is 5.82 Å². The van der Waals surface area contributed by atoms with Gasteiger partial charge in [0.05, 0.1) is 33.9 Å². The van der Waals surface area contributed by atoms with Crippen molar-refractivity contribution >= 4 is 33.4 Å². The fourth-order valence-electron chi connectivity index (χ4n) is 3.10. The van der Waals surface area contributed by atoms with Gasteiger partial charge in [-0.25, -0.2) is 4.39 Å². The minimum atomic E-state index is -0.744. The summed E-state index contributed by atoms with van der Waals surface area (Å²) in [6, 6.07) is 6.89. The monoisotopic (exact) mass is 335 g/mol. The Hall–Kier alpha value is -3.48. The molecule has 0 fully saturated rings. The third kappa shape index (κ3) is 2.20. The number of nitrogens with two attached hydrogens (primary N) is 2. The van der Waals surface area contributed by atoms with E-state index in [1.807, 2.05) is 19.1 Å². The summed E-state index contributed by atoms with van der Waals surface area (Å²) in [5.74, 6) is -1.29. The number of halogens is 1. The highest BCUT2D eigenvalue weighted by Gasteiger charge is 2.18. The van der Waals surface area contributed by atoms with E-state index in [0.717, 1.165) is 22.0 Å². The predicted octanol–water partition coefficient (Wildman–Crippen LogP) is 2.91. The summed E-state index contributed by atoms with van der Waals surface area (Å²) in [7, 11) is 0. The van der Waals surface area contributed by atoms with E-state index in [2.05, 4.69) is 15.2 Å². The molecule has 0 unspecified atom stereocenters. The van der Waals surface area contributed by atoms with E-state index in [-0.39, 0.29) is 16.6 Å². The normalized spacial score (nSPS) is 11.3. The molecule has 5 N–H and O–H groups in total. The zero-order valence-electron chi connectivity index (χ0n) is 13.3. The van der Waals surface area contributed by atoms with Crippen LogP contribution in [0.3, 0.4) is 0 Å². The van der Waals surface area contributed by atoms with Crippen LogP contribution in [0, 0.1) is 12.7 Å². The van der Waals surface area contributed by atoms with Crippen LogP contribution in [-0.2, 0) is 0 Å². The lowest BCUT2D eigenvalue weighted by Gasteiger charge is -2.13. The molecule has 25 heavy (non-hydrogen) atoms. The molecule has 0 aliphatic carbocycles. The molecule has 7 heteroatoms. The lowest BCUT2D eigenvalue weighted by atomic mass is 9.95. The molecule has 0 bridgehead atoms. The number of nitrogen functional groups attached to an aromatic ring is 1. The molecule has 4 aromatic rings. The number of H-pyrrole nitrogens is 1. The van der Waals surface area contributed by atoms with Gasteiger partial charge >= 0.3 is 0 Å². The number of aryl methyl sites for hydroxylation is 1. The summed E-state index contributed by atoms with van der Waals surface area (Å²) in [6.07, 6.45) is 3.03. The van der Waals surface area contributed by atoms with Crippen molar-refractivity contribution in [3.8, 4) is 11.1 Å². The molecule has 0 saturated heterocycles. The highest BCUT2D eigenvalue weighted by Crippen LogP contribution is 2.36. The van der Waals surface area contributed by atoms with Crippen LogP contribution in [0.4, 0.5) is 10.1 Å². The number of nitrogens with zero attached hydrogens (tertiary/aromatic N) is 2. The minimum absolute atomic E-state index is 0.00267. The number of amides is 1. The average Bonchev–Trinajstić information content (AvgIpc) is 3.01. The third-order valence-corrected chi connectivity index (χ3v) is 4.35. The Morgan fingerprint density at radius 3 is 2.76 bits per heavy atom. The largest absolute Gasteiger partial charge is 0.397 e. The second kappa shape index (κ2) is 5.27. The first-order chi connectivity index (χ1) is 12.0. The Morgan fingerprint density at radius 1 is 1.20 bits per heavy atom. The number of rotatable bonds is 2. The van der Waals surface area contributed by atoms with Crippen molar-refractivity contribution < 1.29 is 9.18 Å². The molecule has 0 radical (unpaired) electrons. The van der Waals surface area contributed by atoms with Gasteiger partial charge in [-0.2, -0.15) is 5.10 Å². The number of carbonyl (C=O) groups is 1. The van der Waals surface area contributed by atoms with Crippen LogP contribution < -0.4 is 11.5 Å². The number of carbonyl (C=O) groups excluding carboxylic acids is 1. The summed E-state index contributed by atoms with van der Waals surface area (Å²) in [5.41, 5.74) is 15.1. The summed E-state index contributed by atoms with van der Waals surface area (Å²) < 4.78 is 14.4. The Labute approximate surface area is 141 Å². The quantitative estimate of drug-likeness (QED) is 0.523. The van der Waals surface area contributed by atoms with Crippen LogP contribution in [0.25, 0.3) is 32.9 Å². The van der Waals surface area contributed by atoms with E-state index in [1.165, 1.54) is 12.3 Å². The highest BCUT2D eigenvalue weighted by atomic mass is 19.1. The fraction of sp³-hybridized carbons (Fsp3) is 0.0556. The number of hydrogen-bond acceptors (Lipinski definition) is 4. The second-order valence-corrected chi connectivity index (χ2v) is 5.89. The van der Waals surface area contributed by atoms with Crippen LogP contribution in [0.2, 0.25) is 0 Å². The number of primary amides is 1. The molecule has 2 aromatic heterocycles. The number of fused-ring (bicyclic) bond motifs is 2. The molecule has 124 valence electrons. The minimum Gasteiger partial charge on any atom is -0.397 e. The average molecular weight is 335 g/mol. The lowest BCUT2D eigenvalue weighted by molar-refractivity contribution is 0.100. The summed E-state index contributed by atoms with van der Waals surface area (Å²) in [5, 5.41) is 8.03. The molecule has 2 aromatic carbocycles. The van der Waals surface area contributed by atoms with Crippen molar-refractivity contribution in [3.05, 3.63) is 53.6 Å². The molecule has 0 saturated carbocycles. The van der Waals surface area contributed by atoms with Gasteiger partial charge in [0.15, 0.2) is 0 Å². The smallest absolute Gasteiger partial charge is 0.252 e. The van der Waals surface area contributed by atoms with Gasteiger partial charge in [0, 0.05) is 17.1 Å². The lowest BCUT2D eigenvalue weighted by Crippen LogP contribution is -2.14. The number of nitrogens with one attached hydrogen (secondary N) is 1. The summed E-state index contributed by atoms with van der Waals surface area (Å²) >= 11 is 0. The maximum Gasteiger partial charge on any atom is 0.252 e. The Kier molecular flexibility index (Phi) is 3.18. The van der Waals surface area contributed by atoms with E-state index in [0.29, 0.717) is 11.1 Å². The van der Waals surface area contributed by atoms with Gasteiger partial charge in [-0.15, -0.1) is 0 Å². The Balaban J connectivity index is 2.08. The van der Waals surface area contributed by atoms with Crippen molar-refractivity contribution in [1.29, 1.82) is 0 Å². The number of pyridine rings is 1. The van der Waals surface area contributed by atoms with Crippen molar-refractivity contribution in [2.24, 2.45) is 5.73 Å². The van der Waals surface area contributed by atoms with Crippen LogP contribution in [-0.4, -0.2) is 21.1 Å². The molecule has 0 aliphatic heterocycles. The molecule has 1 amide bonds. The Morgan fingerprint density at radius 2 is 2.00 bits per heavy atom. The number of aromatic amines is 1. The molecule has 0 spiro atoms. The van der Waals surface area contributed by atoms with E-state index < -0.39 is 11.7 Å². The standard InChI is InChI=1S/C18H14FN5O/c1-8-4-9-6-23-24-14(9)5-11(8)10-2-3-13(19)15-16(20)12(18(21)25)7-22-17(10)15/h2-7H,1H3,(H2,20,22)(H2,21,25)(H,23,24). The molecule has 6 nitrogen and oxygen atoms in total. The molecule has 2 heterocycles. The maximum atomic E-state index is 14.4. The number of benzene rings is 2. The van der Waals surface area contributed by atoms with Crippen molar-refractivity contribution in [1.82, 2.24) is 15.2 Å². The second-order valence-electron chi connectivity index (χ2n) is 5.89. The first-order valence-electron chi connectivity index (χ1n) is 7.58. The van der Waals surface area contributed by atoms with Crippen molar-refractivity contribution in [2.75, 3.05) is 5.73 Å². The van der Waals surface area contributed by atoms with Gasteiger partial charge in [-0.3, -0.25) is 14.9 Å². The van der Waals surface area contributed by atoms with E-state index in [4.69, 9.17) is 11.5 Å². The third-order valence-electron chi connectivity index (χ3n) is 4.35. The first-order valence-corrected chi connectivity index (χ1v) is 7.58. The summed E-state index contributed by atoms with van der Waals surface area (Å²) in [6.45, 7) is 1.96. The first kappa shape index (κ1) is 15.1. The zero-order chi connectivity index (χ0) is 17.7. The van der Waals surface area contributed by atoms with E-state index >= 15 is 0 Å². The zero-order valence-corrected chi connectivity index (χ0v) is 13.3. The highest BCUT2D eigenvalue weighted by molar-refractivity contribution is 6.09. The van der Waals surface area contributed by atoms with Gasteiger partial charge in [0.25, 0.3) is 5.91 Å². The van der Waals surface area contributed by atoms with Crippen molar-refractivity contribution in [3.63, 3.8) is 0 Å². The van der Waals surface area contributed by atoms with Crippen LogP contribution >= 0.6 is 0 Å². The molecule has 0 aliphatic rings. The van der Waals surface area contributed by atoms with Crippen LogP contribution in [0.15, 0.2) is 36.7 Å². The van der Waals surface area contributed by atoms with Gasteiger partial charge in [-0.1, -0.05) is 0 Å². The molecule has 4 rings (SSSR count). The van der Waals surface area contributed by atoms with Gasteiger partial charge in [-0.05, 0) is 42.3 Å². The fourth-order valence-corrected chi connectivity index (χ4v) is 3.10. The van der Waals surface area contributed by atoms with Crippen molar-refractivity contribution in [2.45, 2.75) is 6.92 Å². The molecular weight excluding hydrogens is 321 g/mol. The van der Waals surface area contributed by atoms with Crippen LogP contribution in [0.1, 0.15) is 15.9 Å². The number of anilines is 1. The predicted molar refractivity (Wildman–Crippen MR) is 94.5 cm³/mol. The topological polar surface area (TPSA) is 111 Å².